The van der Waals surface area contributed by atoms with Crippen LogP contribution in [-0.2, 0) is 12.1 Å². The first kappa shape index (κ1) is 15.4. The second kappa shape index (κ2) is 6.04. The Balaban J connectivity index is 1.68. The lowest BCUT2D eigenvalue weighted by Gasteiger charge is -2.18. The minimum Gasteiger partial charge on any atom is -0.395 e. The summed E-state index contributed by atoms with van der Waals surface area (Å²) in [7, 11) is 0. The molecule has 3 nitrogen and oxygen atoms in total. The summed E-state index contributed by atoms with van der Waals surface area (Å²) in [5.74, 6) is -0.205. The zero-order chi connectivity index (χ0) is 16.6. The van der Waals surface area contributed by atoms with Gasteiger partial charge < -0.3 is 15.0 Å². The van der Waals surface area contributed by atoms with E-state index in [0.29, 0.717) is 6.54 Å². The van der Waals surface area contributed by atoms with Crippen molar-refractivity contribution in [2.24, 2.45) is 0 Å². The molecule has 1 heterocycles. The van der Waals surface area contributed by atoms with Crippen molar-refractivity contribution in [1.29, 1.82) is 0 Å². The lowest BCUT2D eigenvalue weighted by Crippen LogP contribution is -2.31. The highest BCUT2D eigenvalue weighted by molar-refractivity contribution is 5.85. The van der Waals surface area contributed by atoms with Gasteiger partial charge in [-0.1, -0.05) is 24.3 Å². The van der Waals surface area contributed by atoms with Gasteiger partial charge in [-0.05, 0) is 48.2 Å². The fourth-order valence-corrected chi connectivity index (χ4v) is 3.53. The van der Waals surface area contributed by atoms with Crippen LogP contribution in [0.5, 0.6) is 0 Å². The average molecular weight is 324 g/mol. The lowest BCUT2D eigenvalue weighted by atomic mass is 10.0. The summed E-state index contributed by atoms with van der Waals surface area (Å²) >= 11 is 0. The van der Waals surface area contributed by atoms with Crippen molar-refractivity contribution in [3.8, 4) is 0 Å². The molecule has 0 bridgehead atoms. The molecule has 0 atom stereocenters. The van der Waals surface area contributed by atoms with Crippen molar-refractivity contribution in [3.05, 3.63) is 71.7 Å². The molecule has 24 heavy (non-hydrogen) atoms. The Hall–Kier alpha value is -2.17. The van der Waals surface area contributed by atoms with Gasteiger partial charge in [0.25, 0.3) is 0 Å². The zero-order valence-corrected chi connectivity index (χ0v) is 13.5. The highest BCUT2D eigenvalue weighted by Crippen LogP contribution is 2.47. The van der Waals surface area contributed by atoms with E-state index in [9.17, 15) is 4.39 Å². The predicted molar refractivity (Wildman–Crippen MR) is 93.4 cm³/mol. The second-order valence-corrected chi connectivity index (χ2v) is 6.54. The number of hydrogen-bond acceptors (Lipinski definition) is 2. The van der Waals surface area contributed by atoms with Gasteiger partial charge in [0, 0.05) is 35.7 Å². The molecule has 2 aromatic carbocycles. The fraction of sp³-hybridized carbons (Fsp3) is 0.300. The van der Waals surface area contributed by atoms with E-state index in [0.717, 1.165) is 24.9 Å². The van der Waals surface area contributed by atoms with E-state index in [-0.39, 0.29) is 18.0 Å². The summed E-state index contributed by atoms with van der Waals surface area (Å²) in [5.41, 5.74) is 3.60. The third kappa shape index (κ3) is 2.72. The highest BCUT2D eigenvalue weighted by atomic mass is 19.1. The van der Waals surface area contributed by atoms with Gasteiger partial charge in [0.15, 0.2) is 0 Å². The fourth-order valence-electron chi connectivity index (χ4n) is 3.53. The van der Waals surface area contributed by atoms with E-state index in [1.165, 1.54) is 28.6 Å². The van der Waals surface area contributed by atoms with E-state index in [2.05, 4.69) is 40.3 Å². The first-order valence-electron chi connectivity index (χ1n) is 8.40. The number of nitrogens with zero attached hydrogens (tertiary/aromatic N) is 1. The van der Waals surface area contributed by atoms with Gasteiger partial charge in [-0.2, -0.15) is 0 Å². The molecule has 124 valence electrons. The van der Waals surface area contributed by atoms with Crippen LogP contribution in [0.2, 0.25) is 0 Å². The molecule has 2 N–H and O–H groups in total. The van der Waals surface area contributed by atoms with Crippen molar-refractivity contribution in [2.45, 2.75) is 24.9 Å². The number of hydrogen-bond donors (Lipinski definition) is 2. The molecule has 1 fully saturated rings. The van der Waals surface area contributed by atoms with Gasteiger partial charge in [-0.3, -0.25) is 0 Å². The Morgan fingerprint density at radius 3 is 2.58 bits per heavy atom. The van der Waals surface area contributed by atoms with Gasteiger partial charge in [-0.15, -0.1) is 0 Å². The Morgan fingerprint density at radius 1 is 1.08 bits per heavy atom. The quantitative estimate of drug-likeness (QED) is 0.729. The summed E-state index contributed by atoms with van der Waals surface area (Å²) in [5, 5.41) is 13.9. The molecule has 1 aromatic heterocycles. The van der Waals surface area contributed by atoms with Crippen LogP contribution in [0.4, 0.5) is 4.39 Å². The molecule has 4 rings (SSSR count). The molecule has 1 aliphatic rings. The summed E-state index contributed by atoms with van der Waals surface area (Å²) in [4.78, 5) is 0. The monoisotopic (exact) mass is 324 g/mol. The van der Waals surface area contributed by atoms with Crippen LogP contribution >= 0.6 is 0 Å². The van der Waals surface area contributed by atoms with E-state index in [4.69, 9.17) is 5.11 Å². The van der Waals surface area contributed by atoms with Gasteiger partial charge in [-0.25, -0.2) is 4.39 Å². The topological polar surface area (TPSA) is 37.2 Å². The average Bonchev–Trinajstić information content (AvgIpc) is 3.29. The Labute approximate surface area is 140 Å². The van der Waals surface area contributed by atoms with Gasteiger partial charge in [0.1, 0.15) is 5.82 Å². The lowest BCUT2D eigenvalue weighted by molar-refractivity contribution is 0.282. The van der Waals surface area contributed by atoms with Crippen LogP contribution in [0, 0.1) is 5.82 Å². The molecule has 1 saturated carbocycles. The van der Waals surface area contributed by atoms with Crippen molar-refractivity contribution < 1.29 is 9.50 Å². The van der Waals surface area contributed by atoms with E-state index < -0.39 is 0 Å². The molecule has 0 amide bonds. The zero-order valence-electron chi connectivity index (χ0n) is 13.5. The van der Waals surface area contributed by atoms with E-state index in [1.54, 1.807) is 0 Å². The number of aliphatic hydroxyl groups excluding tert-OH is 1. The first-order valence-corrected chi connectivity index (χ1v) is 8.40. The summed E-state index contributed by atoms with van der Waals surface area (Å²) in [6, 6.07) is 15.2. The second-order valence-electron chi connectivity index (χ2n) is 6.54. The maximum atomic E-state index is 13.1. The first-order chi connectivity index (χ1) is 11.7. The molecule has 1 aliphatic carbocycles. The minimum atomic E-state index is -0.205. The molecular weight excluding hydrogens is 303 g/mol. The smallest absolute Gasteiger partial charge is 0.123 e. The number of aromatic nitrogens is 1. The molecule has 0 unspecified atom stereocenters. The maximum absolute atomic E-state index is 13.1. The number of halogens is 1. The molecular formula is C20H21FN2O. The van der Waals surface area contributed by atoms with Gasteiger partial charge in [0.05, 0.1) is 6.61 Å². The summed E-state index contributed by atoms with van der Waals surface area (Å²) < 4.78 is 15.3. The van der Waals surface area contributed by atoms with Crippen LogP contribution in [0.3, 0.4) is 0 Å². The SMILES string of the molecule is OCCNC1(c2cccc3c2ccn3Cc2ccc(F)cc2)CC1. The molecule has 0 saturated heterocycles. The van der Waals surface area contributed by atoms with Crippen molar-refractivity contribution >= 4 is 10.9 Å². The Morgan fingerprint density at radius 2 is 1.88 bits per heavy atom. The number of aliphatic hydroxyl groups is 1. The summed E-state index contributed by atoms with van der Waals surface area (Å²) in [6.45, 7) is 1.50. The minimum absolute atomic E-state index is 0.0182. The normalized spacial score (nSPS) is 15.8. The van der Waals surface area contributed by atoms with E-state index >= 15 is 0 Å². The number of rotatable bonds is 6. The molecule has 0 spiro atoms. The van der Waals surface area contributed by atoms with Gasteiger partial charge in [0.2, 0.25) is 0 Å². The molecule has 4 heteroatoms. The largest absolute Gasteiger partial charge is 0.395 e. The van der Waals surface area contributed by atoms with Crippen LogP contribution in [0.25, 0.3) is 10.9 Å². The number of benzene rings is 2. The molecule has 0 aliphatic heterocycles. The third-order valence-corrected chi connectivity index (χ3v) is 4.92. The van der Waals surface area contributed by atoms with Gasteiger partial charge >= 0.3 is 0 Å². The highest BCUT2D eigenvalue weighted by Gasteiger charge is 2.44. The van der Waals surface area contributed by atoms with Crippen molar-refractivity contribution in [2.75, 3.05) is 13.2 Å². The Bertz CT molecular complexity index is 850. The molecule has 0 radical (unpaired) electrons. The standard InChI is InChI=1S/C20H21FN2O/c21-16-6-4-15(5-7-16)14-23-12-8-17-18(2-1-3-19(17)23)20(9-10-20)22-11-13-24/h1-8,12,22,24H,9-11,13-14H2. The third-order valence-electron chi connectivity index (χ3n) is 4.92. The summed E-state index contributed by atoms with van der Waals surface area (Å²) in [6.07, 6.45) is 4.31. The van der Waals surface area contributed by atoms with Crippen LogP contribution < -0.4 is 5.32 Å². The van der Waals surface area contributed by atoms with Crippen LogP contribution in [0.15, 0.2) is 54.7 Å². The van der Waals surface area contributed by atoms with Crippen LogP contribution in [-0.4, -0.2) is 22.8 Å². The predicted octanol–water partition coefficient (Wildman–Crippen LogP) is 3.40. The number of nitrogens with one attached hydrogen (secondary N) is 1. The van der Waals surface area contributed by atoms with E-state index in [1.807, 2.05) is 12.1 Å². The Kier molecular flexibility index (Phi) is 3.87. The van der Waals surface area contributed by atoms with Crippen LogP contribution in [0.1, 0.15) is 24.0 Å². The van der Waals surface area contributed by atoms with Crippen molar-refractivity contribution in [3.63, 3.8) is 0 Å². The number of fused-ring (bicyclic) bond motifs is 1. The maximum Gasteiger partial charge on any atom is 0.123 e. The molecule has 3 aromatic rings. The van der Waals surface area contributed by atoms with Crippen molar-refractivity contribution in [1.82, 2.24) is 9.88 Å².